The smallest absolute Gasteiger partial charge is 0.243 e. The largest absolute Gasteiger partial charge is 0.377 e. The summed E-state index contributed by atoms with van der Waals surface area (Å²) < 4.78 is 28.3. The summed E-state index contributed by atoms with van der Waals surface area (Å²) in [6.07, 6.45) is 2.98. The number of amides is 1. The average Bonchev–Trinajstić information content (AvgIpc) is 2.42. The lowest BCUT2D eigenvalue weighted by molar-refractivity contribution is -0.229. The topological polar surface area (TPSA) is 89.7 Å². The van der Waals surface area contributed by atoms with Crippen LogP contribution in [0.25, 0.3) is 0 Å². The van der Waals surface area contributed by atoms with E-state index >= 15 is 0 Å². The fraction of sp³-hybridized carbons (Fsp3) is 0.929. The summed E-state index contributed by atoms with van der Waals surface area (Å²) in [4.78, 5) is 14.2. The Morgan fingerprint density at radius 1 is 1.41 bits per heavy atom. The van der Waals surface area contributed by atoms with Crippen molar-refractivity contribution in [2.75, 3.05) is 32.2 Å². The second-order valence-electron chi connectivity index (χ2n) is 6.99. The molecule has 2 rings (SSSR count). The number of nitrogens with two attached hydrogens (primary N) is 1. The van der Waals surface area contributed by atoms with Gasteiger partial charge in [0.25, 0.3) is 0 Å². The van der Waals surface area contributed by atoms with Crippen LogP contribution in [-0.2, 0) is 19.4 Å². The minimum Gasteiger partial charge on any atom is -0.377 e. The molecule has 1 aliphatic carbocycles. The Hall–Kier alpha value is -0.370. The normalized spacial score (nSPS) is 33.1. The molecule has 0 aromatic heterocycles. The van der Waals surface area contributed by atoms with Gasteiger partial charge in [-0.1, -0.05) is 13.8 Å². The van der Waals surface area contributed by atoms with E-state index in [0.29, 0.717) is 0 Å². The molecule has 1 aliphatic heterocycles. The predicted molar refractivity (Wildman–Crippen MR) is 87.8 cm³/mol. The van der Waals surface area contributed by atoms with Crippen LogP contribution in [0, 0.1) is 11.3 Å². The van der Waals surface area contributed by atoms with Crippen LogP contribution in [0.1, 0.15) is 26.7 Å². The Morgan fingerprint density at radius 2 is 2.00 bits per heavy atom. The Bertz CT molecular complexity index is 537. The van der Waals surface area contributed by atoms with Crippen molar-refractivity contribution < 1.29 is 17.9 Å². The first-order valence-corrected chi connectivity index (χ1v) is 9.41. The quantitative estimate of drug-likeness (QED) is 0.791. The van der Waals surface area contributed by atoms with Crippen molar-refractivity contribution >= 4 is 28.2 Å². The highest BCUT2D eigenvalue weighted by atomic mass is 35.5. The molecule has 0 radical (unpaired) electrons. The number of halogens is 1. The van der Waals surface area contributed by atoms with Crippen LogP contribution in [0.15, 0.2) is 0 Å². The van der Waals surface area contributed by atoms with Gasteiger partial charge in [0.1, 0.15) is 15.4 Å². The van der Waals surface area contributed by atoms with Gasteiger partial charge in [-0.2, -0.15) is 0 Å². The lowest BCUT2D eigenvalue weighted by atomic mass is 9.46. The fourth-order valence-electron chi connectivity index (χ4n) is 3.73. The molecule has 2 N–H and O–H groups in total. The van der Waals surface area contributed by atoms with E-state index in [1.54, 1.807) is 7.05 Å². The second-order valence-corrected chi connectivity index (χ2v) is 9.25. The van der Waals surface area contributed by atoms with Crippen molar-refractivity contribution in [3.63, 3.8) is 0 Å². The zero-order valence-corrected chi connectivity index (χ0v) is 15.3. The van der Waals surface area contributed by atoms with Crippen LogP contribution in [0.5, 0.6) is 0 Å². The summed E-state index contributed by atoms with van der Waals surface area (Å²) in [6, 6.07) is 0. The summed E-state index contributed by atoms with van der Waals surface area (Å²) in [5, 5.41) is 0. The summed E-state index contributed by atoms with van der Waals surface area (Å²) in [7, 11) is -1.48. The van der Waals surface area contributed by atoms with Crippen molar-refractivity contribution in [1.82, 2.24) is 4.90 Å². The van der Waals surface area contributed by atoms with Crippen molar-refractivity contribution in [3.8, 4) is 0 Å². The standard InChI is InChI=1S/C14H26N2O4S.ClH/c1-13(2)11-10(6-5-8-20-11)14(13,15)12(17)16(3)7-9-21(4,18)19;/h10-11H,5-9,15H2,1-4H3;1H. The first-order valence-electron chi connectivity index (χ1n) is 7.35. The number of ether oxygens (including phenoxy) is 1. The maximum atomic E-state index is 12.8. The number of carbonyl (C=O) groups is 1. The van der Waals surface area contributed by atoms with Gasteiger partial charge in [-0.25, -0.2) is 8.42 Å². The van der Waals surface area contributed by atoms with Crippen LogP contribution in [-0.4, -0.2) is 63.1 Å². The van der Waals surface area contributed by atoms with Gasteiger partial charge in [0, 0.05) is 37.8 Å². The zero-order valence-electron chi connectivity index (χ0n) is 13.7. The molecule has 0 aromatic rings. The van der Waals surface area contributed by atoms with Gasteiger partial charge in [-0.15, -0.1) is 12.4 Å². The van der Waals surface area contributed by atoms with E-state index in [9.17, 15) is 13.2 Å². The van der Waals surface area contributed by atoms with Crippen molar-refractivity contribution in [2.45, 2.75) is 38.3 Å². The van der Waals surface area contributed by atoms with Crippen LogP contribution in [0.2, 0.25) is 0 Å². The number of nitrogens with zero attached hydrogens (tertiary/aromatic N) is 1. The summed E-state index contributed by atoms with van der Waals surface area (Å²) >= 11 is 0. The van der Waals surface area contributed by atoms with Crippen molar-refractivity contribution in [1.29, 1.82) is 0 Å². The molecule has 1 heterocycles. The van der Waals surface area contributed by atoms with Gasteiger partial charge in [-0.3, -0.25) is 4.79 Å². The molecule has 1 saturated heterocycles. The molecule has 3 atom stereocenters. The Balaban J connectivity index is 0.00000242. The van der Waals surface area contributed by atoms with Crippen LogP contribution in [0.4, 0.5) is 0 Å². The van der Waals surface area contributed by atoms with Crippen LogP contribution >= 0.6 is 12.4 Å². The average molecular weight is 355 g/mol. The minimum absolute atomic E-state index is 0. The molecule has 130 valence electrons. The summed E-state index contributed by atoms with van der Waals surface area (Å²) in [5.74, 6) is -0.201. The molecular weight excluding hydrogens is 328 g/mol. The third-order valence-electron chi connectivity index (χ3n) is 5.18. The molecule has 8 heteroatoms. The van der Waals surface area contributed by atoms with E-state index in [-0.39, 0.29) is 42.6 Å². The van der Waals surface area contributed by atoms with E-state index in [1.807, 2.05) is 13.8 Å². The van der Waals surface area contributed by atoms with Gasteiger partial charge >= 0.3 is 0 Å². The number of likely N-dealkylation sites (N-methyl/N-ethyl adjacent to an activating group) is 1. The van der Waals surface area contributed by atoms with Gasteiger partial charge < -0.3 is 15.4 Å². The molecule has 1 amide bonds. The third-order valence-corrected chi connectivity index (χ3v) is 6.11. The molecule has 3 unspecified atom stereocenters. The molecule has 0 aromatic carbocycles. The second kappa shape index (κ2) is 6.26. The highest BCUT2D eigenvalue weighted by Gasteiger charge is 2.70. The van der Waals surface area contributed by atoms with E-state index in [4.69, 9.17) is 10.5 Å². The SMILES string of the molecule is CN(CCS(C)(=O)=O)C(=O)C1(N)C2CCCOC2C1(C)C.Cl. The minimum atomic E-state index is -3.10. The van der Waals surface area contributed by atoms with Gasteiger partial charge in [0.2, 0.25) is 5.91 Å². The summed E-state index contributed by atoms with van der Waals surface area (Å²) in [6.45, 7) is 4.81. The maximum absolute atomic E-state index is 12.8. The predicted octanol–water partition coefficient (Wildman–Crippen LogP) is 0.444. The Morgan fingerprint density at radius 3 is 2.55 bits per heavy atom. The van der Waals surface area contributed by atoms with E-state index < -0.39 is 20.8 Å². The summed E-state index contributed by atoms with van der Waals surface area (Å²) in [5.41, 5.74) is 5.09. The third kappa shape index (κ3) is 3.00. The highest BCUT2D eigenvalue weighted by molar-refractivity contribution is 7.90. The number of hydrogen-bond donors (Lipinski definition) is 1. The van der Waals surface area contributed by atoms with E-state index in [2.05, 4.69) is 0 Å². The fourth-order valence-corrected chi connectivity index (χ4v) is 4.34. The first kappa shape index (κ1) is 19.7. The first-order chi connectivity index (χ1) is 9.52. The van der Waals surface area contributed by atoms with Crippen LogP contribution < -0.4 is 5.73 Å². The monoisotopic (exact) mass is 354 g/mol. The molecule has 6 nitrogen and oxygen atoms in total. The molecule has 1 saturated carbocycles. The number of fused-ring (bicyclic) bond motifs is 1. The molecule has 0 spiro atoms. The van der Waals surface area contributed by atoms with Gasteiger partial charge in [0.15, 0.2) is 0 Å². The molecule has 0 bridgehead atoms. The number of hydrogen-bond acceptors (Lipinski definition) is 5. The maximum Gasteiger partial charge on any atom is 0.243 e. The van der Waals surface area contributed by atoms with Gasteiger partial charge in [-0.05, 0) is 12.8 Å². The number of rotatable bonds is 4. The molecule has 2 aliphatic rings. The van der Waals surface area contributed by atoms with Gasteiger partial charge in [0.05, 0.1) is 11.9 Å². The lowest BCUT2D eigenvalue weighted by Gasteiger charge is -2.65. The Kier molecular flexibility index (Phi) is 5.60. The Labute approximate surface area is 139 Å². The molecular formula is C14H27ClN2O4S. The van der Waals surface area contributed by atoms with E-state index in [0.717, 1.165) is 19.4 Å². The highest BCUT2D eigenvalue weighted by Crippen LogP contribution is 2.57. The number of carbonyl (C=O) groups excluding carboxylic acids is 1. The van der Waals surface area contributed by atoms with Crippen molar-refractivity contribution in [2.24, 2.45) is 17.1 Å². The molecule has 22 heavy (non-hydrogen) atoms. The number of sulfone groups is 1. The van der Waals surface area contributed by atoms with Crippen LogP contribution in [0.3, 0.4) is 0 Å². The van der Waals surface area contributed by atoms with Crippen molar-refractivity contribution in [3.05, 3.63) is 0 Å². The lowest BCUT2D eigenvalue weighted by Crippen LogP contribution is -2.82. The van der Waals surface area contributed by atoms with E-state index in [1.165, 1.54) is 11.2 Å². The zero-order chi connectivity index (χ0) is 16.1. The molecule has 2 fully saturated rings.